The number of nitrogens with one attached hydrogen (secondary N) is 1. The molecule has 1 aliphatic heterocycles. The molecule has 1 N–H and O–H groups in total. The number of piperidine rings is 1. The van der Waals surface area contributed by atoms with Gasteiger partial charge in [-0.3, -0.25) is 0 Å². The number of rotatable bonds is 3. The Hall–Kier alpha value is -1.09. The number of nitrogens with zero attached hydrogens (tertiary/aromatic N) is 2. The van der Waals surface area contributed by atoms with Gasteiger partial charge in [0.15, 0.2) is 0 Å². The van der Waals surface area contributed by atoms with E-state index in [1.807, 2.05) is 6.20 Å². The van der Waals surface area contributed by atoms with Gasteiger partial charge in [-0.1, -0.05) is 0 Å². The van der Waals surface area contributed by atoms with E-state index >= 15 is 0 Å². The van der Waals surface area contributed by atoms with Crippen LogP contribution in [0, 0.1) is 6.92 Å². The van der Waals surface area contributed by atoms with Crippen LogP contribution in [0.2, 0.25) is 0 Å². The van der Waals surface area contributed by atoms with Crippen LogP contribution >= 0.6 is 0 Å². The summed E-state index contributed by atoms with van der Waals surface area (Å²) in [4.78, 5) is 7.04. The van der Waals surface area contributed by atoms with Crippen molar-refractivity contribution in [2.45, 2.75) is 58.5 Å². The van der Waals surface area contributed by atoms with E-state index in [-0.39, 0.29) is 5.54 Å². The minimum Gasteiger partial charge on any atom is -0.352 e. The maximum atomic E-state index is 4.56. The fourth-order valence-corrected chi connectivity index (χ4v) is 2.62. The van der Waals surface area contributed by atoms with Gasteiger partial charge in [0.25, 0.3) is 0 Å². The van der Waals surface area contributed by atoms with E-state index in [9.17, 15) is 0 Å². The fraction of sp³-hybridized carbons (Fsp3) is 0.688. The fourth-order valence-electron chi connectivity index (χ4n) is 2.62. The van der Waals surface area contributed by atoms with Crippen molar-refractivity contribution in [3.8, 4) is 0 Å². The lowest BCUT2D eigenvalue weighted by Gasteiger charge is -2.38. The zero-order valence-corrected chi connectivity index (χ0v) is 12.7. The minimum atomic E-state index is 0.184. The average molecular weight is 261 g/mol. The summed E-state index contributed by atoms with van der Waals surface area (Å²) < 4.78 is 0. The van der Waals surface area contributed by atoms with Crippen LogP contribution in [0.4, 0.5) is 5.82 Å². The zero-order chi connectivity index (χ0) is 13.9. The summed E-state index contributed by atoms with van der Waals surface area (Å²) in [5.74, 6) is 1.14. The second kappa shape index (κ2) is 5.91. The van der Waals surface area contributed by atoms with Crippen molar-refractivity contribution in [3.63, 3.8) is 0 Å². The second-order valence-electron chi connectivity index (χ2n) is 6.67. The first-order valence-corrected chi connectivity index (χ1v) is 7.40. The minimum absolute atomic E-state index is 0.184. The summed E-state index contributed by atoms with van der Waals surface area (Å²) in [5, 5.41) is 3.64. The Bertz CT molecular complexity index is 409. The van der Waals surface area contributed by atoms with E-state index in [1.165, 1.54) is 24.8 Å². The van der Waals surface area contributed by atoms with Crippen molar-refractivity contribution in [1.82, 2.24) is 10.3 Å². The summed E-state index contributed by atoms with van der Waals surface area (Å²) in [5.41, 5.74) is 1.47. The highest BCUT2D eigenvalue weighted by molar-refractivity contribution is 5.42. The van der Waals surface area contributed by atoms with Crippen LogP contribution < -0.4 is 10.2 Å². The Kier molecular flexibility index (Phi) is 4.46. The molecular weight excluding hydrogens is 234 g/mol. The number of hydrogen-bond acceptors (Lipinski definition) is 3. The molecule has 0 amide bonds. The normalized spacial score (nSPS) is 20.6. The molecule has 0 aromatic carbocycles. The van der Waals surface area contributed by atoms with Crippen molar-refractivity contribution in [1.29, 1.82) is 0 Å². The van der Waals surface area contributed by atoms with Crippen molar-refractivity contribution in [2.24, 2.45) is 0 Å². The van der Waals surface area contributed by atoms with E-state index in [0.29, 0.717) is 6.04 Å². The molecule has 1 aliphatic rings. The topological polar surface area (TPSA) is 28.2 Å². The van der Waals surface area contributed by atoms with Gasteiger partial charge < -0.3 is 10.2 Å². The van der Waals surface area contributed by atoms with E-state index in [0.717, 1.165) is 18.9 Å². The first-order chi connectivity index (χ1) is 8.96. The quantitative estimate of drug-likeness (QED) is 0.906. The molecule has 0 aliphatic carbocycles. The molecule has 1 saturated heterocycles. The lowest BCUT2D eigenvalue weighted by molar-refractivity contribution is 0.365. The molecule has 0 spiro atoms. The van der Waals surface area contributed by atoms with Crippen molar-refractivity contribution in [3.05, 3.63) is 23.9 Å². The molecular formula is C16H27N3. The van der Waals surface area contributed by atoms with Crippen LogP contribution in [0.25, 0.3) is 0 Å². The molecule has 106 valence electrons. The molecule has 0 radical (unpaired) electrons. The summed E-state index contributed by atoms with van der Waals surface area (Å²) in [6.07, 6.45) is 5.80. The Labute approximate surface area is 117 Å². The number of aryl methyl sites for hydroxylation is 1. The first-order valence-electron chi connectivity index (χ1n) is 7.40. The van der Waals surface area contributed by atoms with Gasteiger partial charge in [-0.2, -0.15) is 0 Å². The predicted molar refractivity (Wildman–Crippen MR) is 81.7 cm³/mol. The SMILES string of the molecule is Cc1ccnc(N2CCCCC2CNC(C)(C)C)c1. The maximum Gasteiger partial charge on any atom is 0.129 e. The molecule has 1 aromatic heterocycles. The van der Waals surface area contributed by atoms with Gasteiger partial charge in [-0.25, -0.2) is 4.98 Å². The zero-order valence-electron chi connectivity index (χ0n) is 12.7. The van der Waals surface area contributed by atoms with Gasteiger partial charge >= 0.3 is 0 Å². The van der Waals surface area contributed by atoms with Gasteiger partial charge in [0.05, 0.1) is 0 Å². The molecule has 0 saturated carbocycles. The molecule has 19 heavy (non-hydrogen) atoms. The number of hydrogen-bond donors (Lipinski definition) is 1. The molecule has 1 fully saturated rings. The van der Waals surface area contributed by atoms with E-state index < -0.39 is 0 Å². The molecule has 3 nitrogen and oxygen atoms in total. The van der Waals surface area contributed by atoms with Gasteiger partial charge in [0, 0.05) is 30.9 Å². The molecule has 1 atom stereocenters. The molecule has 3 heteroatoms. The Morgan fingerprint density at radius 1 is 1.37 bits per heavy atom. The Morgan fingerprint density at radius 2 is 2.16 bits per heavy atom. The van der Waals surface area contributed by atoms with Gasteiger partial charge in [-0.05, 0) is 64.7 Å². The van der Waals surface area contributed by atoms with Crippen molar-refractivity contribution in [2.75, 3.05) is 18.0 Å². The van der Waals surface area contributed by atoms with Crippen LogP contribution in [0.1, 0.15) is 45.6 Å². The van der Waals surface area contributed by atoms with Crippen molar-refractivity contribution >= 4 is 5.82 Å². The highest BCUT2D eigenvalue weighted by Crippen LogP contribution is 2.23. The number of pyridine rings is 1. The third-order valence-corrected chi connectivity index (χ3v) is 3.69. The van der Waals surface area contributed by atoms with Crippen LogP contribution in [-0.4, -0.2) is 29.7 Å². The molecule has 1 unspecified atom stereocenters. The van der Waals surface area contributed by atoms with Gasteiger partial charge in [0.1, 0.15) is 5.82 Å². The number of aromatic nitrogens is 1. The lowest BCUT2D eigenvalue weighted by Crippen LogP contribution is -2.50. The van der Waals surface area contributed by atoms with Gasteiger partial charge in [0.2, 0.25) is 0 Å². The lowest BCUT2D eigenvalue weighted by atomic mass is 10.00. The number of anilines is 1. The molecule has 0 bridgehead atoms. The van der Waals surface area contributed by atoms with Crippen LogP contribution in [0.5, 0.6) is 0 Å². The second-order valence-corrected chi connectivity index (χ2v) is 6.67. The maximum absolute atomic E-state index is 4.56. The predicted octanol–water partition coefficient (Wildman–Crippen LogP) is 3.14. The smallest absolute Gasteiger partial charge is 0.129 e. The van der Waals surface area contributed by atoms with Crippen LogP contribution in [-0.2, 0) is 0 Å². The highest BCUT2D eigenvalue weighted by atomic mass is 15.2. The monoisotopic (exact) mass is 261 g/mol. The third kappa shape index (κ3) is 4.20. The molecule has 1 aromatic rings. The van der Waals surface area contributed by atoms with Crippen molar-refractivity contribution < 1.29 is 0 Å². The van der Waals surface area contributed by atoms with E-state index in [4.69, 9.17) is 0 Å². The van der Waals surface area contributed by atoms with Crippen LogP contribution in [0.15, 0.2) is 18.3 Å². The van der Waals surface area contributed by atoms with E-state index in [2.05, 4.69) is 55.0 Å². The Balaban J connectivity index is 2.07. The third-order valence-electron chi connectivity index (χ3n) is 3.69. The molecule has 2 heterocycles. The summed E-state index contributed by atoms with van der Waals surface area (Å²) in [6.45, 7) is 11.0. The summed E-state index contributed by atoms with van der Waals surface area (Å²) >= 11 is 0. The van der Waals surface area contributed by atoms with E-state index in [1.54, 1.807) is 0 Å². The van der Waals surface area contributed by atoms with Gasteiger partial charge in [-0.15, -0.1) is 0 Å². The first kappa shape index (κ1) is 14.3. The molecule has 2 rings (SSSR count). The average Bonchev–Trinajstić information content (AvgIpc) is 2.36. The largest absolute Gasteiger partial charge is 0.352 e. The Morgan fingerprint density at radius 3 is 2.84 bits per heavy atom. The standard InChI is InChI=1S/C16H27N3/c1-13-8-9-17-15(11-13)19-10-6-5-7-14(19)12-18-16(2,3)4/h8-9,11,14,18H,5-7,10,12H2,1-4H3. The van der Waals surface area contributed by atoms with Crippen LogP contribution in [0.3, 0.4) is 0 Å². The summed E-state index contributed by atoms with van der Waals surface area (Å²) in [6, 6.07) is 4.84. The summed E-state index contributed by atoms with van der Waals surface area (Å²) in [7, 11) is 0. The highest BCUT2D eigenvalue weighted by Gasteiger charge is 2.24.